The van der Waals surface area contributed by atoms with Gasteiger partial charge in [0.15, 0.2) is 0 Å². The van der Waals surface area contributed by atoms with Crippen LogP contribution in [-0.2, 0) is 11.2 Å². The summed E-state index contributed by atoms with van der Waals surface area (Å²) in [6.45, 7) is 0. The molecule has 6 heteroatoms. The van der Waals surface area contributed by atoms with Gasteiger partial charge in [-0.1, -0.05) is 0 Å². The molecule has 4 N–H and O–H groups in total. The Morgan fingerprint density at radius 3 is 2.62 bits per heavy atom. The molecule has 0 fully saturated rings. The Hall–Kier alpha value is -2.11. The topological polar surface area (TPSA) is 97.1 Å². The molecular formula is C10H14N4O2. The third kappa shape index (κ3) is 2.47. The fourth-order valence-corrected chi connectivity index (χ4v) is 1.40. The smallest absolute Gasteiger partial charge is 0.255 e. The lowest BCUT2D eigenvalue weighted by Crippen LogP contribution is -2.24. The molecule has 0 atom stereocenters. The van der Waals surface area contributed by atoms with E-state index in [1.165, 1.54) is 13.2 Å². The predicted molar refractivity (Wildman–Crippen MR) is 60.1 cm³/mol. The molecule has 1 aromatic rings. The zero-order chi connectivity index (χ0) is 12.1. The Morgan fingerprint density at radius 1 is 1.44 bits per heavy atom. The van der Waals surface area contributed by atoms with Crippen molar-refractivity contribution in [1.82, 2.24) is 10.3 Å². The van der Waals surface area contributed by atoms with Crippen LogP contribution in [0.1, 0.15) is 15.9 Å². The number of anilines is 1. The van der Waals surface area contributed by atoms with Gasteiger partial charge in [-0.25, -0.2) is 4.98 Å². The molecule has 1 heterocycles. The van der Waals surface area contributed by atoms with E-state index in [1.54, 1.807) is 13.1 Å². The van der Waals surface area contributed by atoms with Gasteiger partial charge in [0.05, 0.1) is 12.0 Å². The van der Waals surface area contributed by atoms with E-state index in [-0.39, 0.29) is 12.3 Å². The Kier molecular flexibility index (Phi) is 3.82. The van der Waals surface area contributed by atoms with Crippen molar-refractivity contribution in [3.05, 3.63) is 23.4 Å². The second-order valence-electron chi connectivity index (χ2n) is 3.17. The maximum atomic E-state index is 11.7. The van der Waals surface area contributed by atoms with Crippen molar-refractivity contribution in [2.24, 2.45) is 5.73 Å². The standard InChI is InChI=1S/C10H14N4O2/c1-12-9-8(10(16)13-2)6(3-4-14-9)5-7(11)15/h3-4H,5H2,1-2H3,(H2,11,15)(H,12,14)(H,13,16). The summed E-state index contributed by atoms with van der Waals surface area (Å²) in [7, 11) is 3.17. The van der Waals surface area contributed by atoms with Crippen LogP contribution in [-0.4, -0.2) is 30.9 Å². The summed E-state index contributed by atoms with van der Waals surface area (Å²) in [5, 5.41) is 5.30. The number of hydrogen-bond acceptors (Lipinski definition) is 4. The number of rotatable bonds is 4. The Bertz CT molecular complexity index is 417. The zero-order valence-electron chi connectivity index (χ0n) is 9.20. The predicted octanol–water partition coefficient (Wildman–Crippen LogP) is -0.489. The summed E-state index contributed by atoms with van der Waals surface area (Å²) in [5.74, 6) is -0.356. The zero-order valence-corrected chi connectivity index (χ0v) is 9.20. The van der Waals surface area contributed by atoms with Crippen molar-refractivity contribution < 1.29 is 9.59 Å². The normalized spacial score (nSPS) is 9.62. The summed E-state index contributed by atoms with van der Waals surface area (Å²) < 4.78 is 0. The second kappa shape index (κ2) is 5.11. The van der Waals surface area contributed by atoms with Gasteiger partial charge in [0.25, 0.3) is 5.91 Å². The molecule has 0 spiro atoms. The van der Waals surface area contributed by atoms with Gasteiger partial charge in [-0.15, -0.1) is 0 Å². The number of primary amides is 1. The first-order chi connectivity index (χ1) is 7.60. The van der Waals surface area contributed by atoms with E-state index in [2.05, 4.69) is 15.6 Å². The average Bonchev–Trinajstić information content (AvgIpc) is 2.27. The molecule has 86 valence electrons. The molecule has 0 aliphatic heterocycles. The number of pyridine rings is 1. The van der Waals surface area contributed by atoms with E-state index in [0.29, 0.717) is 16.9 Å². The molecule has 0 aromatic carbocycles. The summed E-state index contributed by atoms with van der Waals surface area (Å²) >= 11 is 0. The molecule has 0 saturated heterocycles. The lowest BCUT2D eigenvalue weighted by Gasteiger charge is -2.11. The van der Waals surface area contributed by atoms with Crippen molar-refractivity contribution in [2.45, 2.75) is 6.42 Å². The quantitative estimate of drug-likeness (QED) is 0.640. The molecule has 0 bridgehead atoms. The molecule has 0 aliphatic carbocycles. The Balaban J connectivity index is 3.25. The van der Waals surface area contributed by atoms with Crippen LogP contribution >= 0.6 is 0 Å². The minimum absolute atomic E-state index is 0.0138. The van der Waals surface area contributed by atoms with Crippen molar-refractivity contribution >= 4 is 17.6 Å². The number of aromatic nitrogens is 1. The lowest BCUT2D eigenvalue weighted by molar-refractivity contribution is -0.117. The Morgan fingerprint density at radius 2 is 2.12 bits per heavy atom. The van der Waals surface area contributed by atoms with E-state index in [9.17, 15) is 9.59 Å². The first-order valence-electron chi connectivity index (χ1n) is 4.76. The summed E-state index contributed by atoms with van der Waals surface area (Å²) in [6.07, 6.45) is 1.54. The summed E-state index contributed by atoms with van der Waals surface area (Å²) in [5.41, 5.74) is 6.03. The number of nitrogens with two attached hydrogens (primary N) is 1. The molecule has 0 radical (unpaired) electrons. The van der Waals surface area contributed by atoms with Gasteiger partial charge in [-0.05, 0) is 11.6 Å². The minimum atomic E-state index is -0.488. The van der Waals surface area contributed by atoms with Gasteiger partial charge < -0.3 is 16.4 Å². The maximum Gasteiger partial charge on any atom is 0.255 e. The average molecular weight is 222 g/mol. The molecule has 0 saturated carbocycles. The molecule has 0 unspecified atom stereocenters. The number of amides is 2. The third-order valence-electron chi connectivity index (χ3n) is 2.09. The minimum Gasteiger partial charge on any atom is -0.372 e. The number of nitrogens with one attached hydrogen (secondary N) is 2. The van der Waals surface area contributed by atoms with Crippen LogP contribution in [0.25, 0.3) is 0 Å². The number of hydrogen-bond donors (Lipinski definition) is 3. The highest BCUT2D eigenvalue weighted by Crippen LogP contribution is 2.17. The maximum absolute atomic E-state index is 11.7. The molecule has 1 rings (SSSR count). The van der Waals surface area contributed by atoms with Crippen molar-refractivity contribution in [2.75, 3.05) is 19.4 Å². The van der Waals surface area contributed by atoms with Crippen LogP contribution in [0.15, 0.2) is 12.3 Å². The van der Waals surface area contributed by atoms with E-state index in [0.717, 1.165) is 0 Å². The summed E-state index contributed by atoms with van der Waals surface area (Å²) in [4.78, 5) is 26.5. The van der Waals surface area contributed by atoms with Crippen molar-refractivity contribution in [3.63, 3.8) is 0 Å². The highest BCUT2D eigenvalue weighted by atomic mass is 16.2. The van der Waals surface area contributed by atoms with E-state index in [4.69, 9.17) is 5.73 Å². The highest BCUT2D eigenvalue weighted by Gasteiger charge is 2.16. The largest absolute Gasteiger partial charge is 0.372 e. The van der Waals surface area contributed by atoms with Crippen LogP contribution in [0.4, 0.5) is 5.82 Å². The fraction of sp³-hybridized carbons (Fsp3) is 0.300. The van der Waals surface area contributed by atoms with Crippen LogP contribution in [0.3, 0.4) is 0 Å². The molecule has 16 heavy (non-hydrogen) atoms. The van der Waals surface area contributed by atoms with Crippen molar-refractivity contribution in [1.29, 1.82) is 0 Å². The van der Waals surface area contributed by atoms with Crippen molar-refractivity contribution in [3.8, 4) is 0 Å². The number of carbonyl (C=O) groups is 2. The molecule has 0 aliphatic rings. The first-order valence-corrected chi connectivity index (χ1v) is 4.76. The fourth-order valence-electron chi connectivity index (χ4n) is 1.40. The van der Waals surface area contributed by atoms with E-state index < -0.39 is 5.91 Å². The molecular weight excluding hydrogens is 208 g/mol. The van der Waals surface area contributed by atoms with E-state index >= 15 is 0 Å². The van der Waals surface area contributed by atoms with Crippen LogP contribution < -0.4 is 16.4 Å². The lowest BCUT2D eigenvalue weighted by atomic mass is 10.1. The van der Waals surface area contributed by atoms with Gasteiger partial charge >= 0.3 is 0 Å². The van der Waals surface area contributed by atoms with Gasteiger partial charge in [0, 0.05) is 20.3 Å². The van der Waals surface area contributed by atoms with Gasteiger partial charge in [0.2, 0.25) is 5.91 Å². The van der Waals surface area contributed by atoms with Crippen LogP contribution in [0.5, 0.6) is 0 Å². The highest BCUT2D eigenvalue weighted by molar-refractivity contribution is 6.01. The third-order valence-corrected chi connectivity index (χ3v) is 2.09. The number of nitrogens with zero attached hydrogens (tertiary/aromatic N) is 1. The summed E-state index contributed by atoms with van der Waals surface area (Å²) in [6, 6.07) is 1.61. The first kappa shape index (κ1) is 12.0. The SMILES string of the molecule is CNC(=O)c1c(CC(N)=O)ccnc1NC. The van der Waals surface area contributed by atoms with E-state index in [1.807, 2.05) is 0 Å². The number of carbonyl (C=O) groups excluding carboxylic acids is 2. The van der Waals surface area contributed by atoms with Gasteiger partial charge in [0.1, 0.15) is 5.82 Å². The van der Waals surface area contributed by atoms with Crippen LogP contribution in [0.2, 0.25) is 0 Å². The molecule has 1 aromatic heterocycles. The second-order valence-corrected chi connectivity index (χ2v) is 3.17. The monoisotopic (exact) mass is 222 g/mol. The molecule has 6 nitrogen and oxygen atoms in total. The van der Waals surface area contributed by atoms with Gasteiger partial charge in [-0.3, -0.25) is 9.59 Å². The van der Waals surface area contributed by atoms with Gasteiger partial charge in [-0.2, -0.15) is 0 Å². The molecule has 2 amide bonds. The van der Waals surface area contributed by atoms with Crippen LogP contribution in [0, 0.1) is 0 Å². The Labute approximate surface area is 93.2 Å².